The number of aromatic nitrogens is 2. The molecule has 0 radical (unpaired) electrons. The van der Waals surface area contributed by atoms with Crippen LogP contribution in [0.4, 0.5) is 4.79 Å². The molecule has 1 fully saturated rings. The first-order chi connectivity index (χ1) is 7.91. The lowest BCUT2D eigenvalue weighted by atomic mass is 10.1. The fourth-order valence-corrected chi connectivity index (χ4v) is 2.47. The Kier molecular flexibility index (Phi) is 2.85. The number of carbonyl (C=O) groups is 1. The second-order valence-electron chi connectivity index (χ2n) is 4.88. The van der Waals surface area contributed by atoms with E-state index in [1.807, 2.05) is 40.8 Å². The van der Waals surface area contributed by atoms with E-state index in [0.29, 0.717) is 0 Å². The van der Waals surface area contributed by atoms with Crippen molar-refractivity contribution in [2.24, 2.45) is 7.05 Å². The Hall–Kier alpha value is -1.52. The summed E-state index contributed by atoms with van der Waals surface area (Å²) in [4.78, 5) is 13.6. The van der Waals surface area contributed by atoms with Crippen LogP contribution in [0, 0.1) is 6.92 Å². The predicted molar refractivity (Wildman–Crippen MR) is 63.6 cm³/mol. The minimum Gasteiger partial charge on any atom is -0.437 e. The normalized spacial score (nSPS) is 24.6. The highest BCUT2D eigenvalue weighted by Gasteiger charge is 2.42. The average Bonchev–Trinajstić information content (AvgIpc) is 2.67. The van der Waals surface area contributed by atoms with Gasteiger partial charge in [-0.3, -0.25) is 9.58 Å². The minimum atomic E-state index is -0.239. The number of rotatable bonds is 2. The molecular weight excluding hydrogens is 218 g/mol. The van der Waals surface area contributed by atoms with E-state index in [2.05, 4.69) is 5.10 Å². The Morgan fingerprint density at radius 1 is 1.47 bits per heavy atom. The van der Waals surface area contributed by atoms with Crippen molar-refractivity contribution in [3.63, 3.8) is 0 Å². The van der Waals surface area contributed by atoms with Crippen molar-refractivity contribution >= 4 is 6.09 Å². The summed E-state index contributed by atoms with van der Waals surface area (Å²) >= 11 is 0. The molecule has 5 nitrogen and oxygen atoms in total. The zero-order chi connectivity index (χ0) is 12.7. The van der Waals surface area contributed by atoms with Gasteiger partial charge in [0.05, 0.1) is 17.4 Å². The van der Waals surface area contributed by atoms with E-state index in [0.717, 1.165) is 11.4 Å². The van der Waals surface area contributed by atoms with Crippen LogP contribution in [0.15, 0.2) is 6.07 Å². The molecule has 1 aromatic rings. The van der Waals surface area contributed by atoms with Crippen LogP contribution in [0.25, 0.3) is 0 Å². The first kappa shape index (κ1) is 12.0. The lowest BCUT2D eigenvalue weighted by Gasteiger charge is -2.24. The molecule has 5 heteroatoms. The summed E-state index contributed by atoms with van der Waals surface area (Å²) in [5.74, 6) is 0. The largest absolute Gasteiger partial charge is 0.437 e. The molecule has 94 valence electrons. The maximum absolute atomic E-state index is 11.8. The van der Waals surface area contributed by atoms with Crippen molar-refractivity contribution in [2.75, 3.05) is 0 Å². The van der Waals surface area contributed by atoms with Crippen LogP contribution < -0.4 is 0 Å². The number of nitrogens with zero attached hydrogens (tertiary/aromatic N) is 3. The molecule has 17 heavy (non-hydrogen) atoms. The van der Waals surface area contributed by atoms with Crippen LogP contribution in [-0.2, 0) is 11.8 Å². The topological polar surface area (TPSA) is 47.4 Å². The lowest BCUT2D eigenvalue weighted by molar-refractivity contribution is 0.125. The highest BCUT2D eigenvalue weighted by Crippen LogP contribution is 2.33. The third-order valence-corrected chi connectivity index (χ3v) is 3.20. The molecule has 2 heterocycles. The number of amides is 1. The Labute approximate surface area is 101 Å². The van der Waals surface area contributed by atoms with E-state index in [-0.39, 0.29) is 24.3 Å². The van der Waals surface area contributed by atoms with E-state index in [9.17, 15) is 4.79 Å². The lowest BCUT2D eigenvalue weighted by Crippen LogP contribution is -2.37. The molecule has 0 N–H and O–H groups in total. The molecule has 1 aliphatic heterocycles. The van der Waals surface area contributed by atoms with Crippen LogP contribution in [0.3, 0.4) is 0 Å². The van der Waals surface area contributed by atoms with Crippen molar-refractivity contribution in [3.05, 3.63) is 17.5 Å². The van der Waals surface area contributed by atoms with Crippen molar-refractivity contribution in [1.82, 2.24) is 14.7 Å². The van der Waals surface area contributed by atoms with E-state index in [4.69, 9.17) is 4.74 Å². The smallest absolute Gasteiger partial charge is 0.411 e. The molecule has 1 amide bonds. The summed E-state index contributed by atoms with van der Waals surface area (Å²) in [7, 11) is 1.88. The highest BCUT2D eigenvalue weighted by atomic mass is 16.6. The van der Waals surface area contributed by atoms with Crippen LogP contribution in [0.5, 0.6) is 0 Å². The zero-order valence-corrected chi connectivity index (χ0v) is 11.0. The van der Waals surface area contributed by atoms with Gasteiger partial charge >= 0.3 is 6.09 Å². The fourth-order valence-electron chi connectivity index (χ4n) is 2.47. The summed E-state index contributed by atoms with van der Waals surface area (Å²) in [6.07, 6.45) is -0.465. The molecule has 1 aliphatic rings. The Bertz CT molecular complexity index is 439. The van der Waals surface area contributed by atoms with Gasteiger partial charge < -0.3 is 4.74 Å². The van der Waals surface area contributed by atoms with Gasteiger partial charge in [0.25, 0.3) is 0 Å². The highest BCUT2D eigenvalue weighted by molar-refractivity contribution is 5.71. The molecule has 0 unspecified atom stereocenters. The number of aryl methyl sites for hydroxylation is 2. The van der Waals surface area contributed by atoms with Gasteiger partial charge in [-0.25, -0.2) is 4.79 Å². The average molecular weight is 237 g/mol. The van der Waals surface area contributed by atoms with Crippen molar-refractivity contribution in [3.8, 4) is 0 Å². The molecule has 0 saturated carbocycles. The molecule has 0 aromatic carbocycles. The van der Waals surface area contributed by atoms with E-state index in [1.165, 1.54) is 0 Å². The van der Waals surface area contributed by atoms with Gasteiger partial charge in [0.1, 0.15) is 0 Å². The van der Waals surface area contributed by atoms with Crippen molar-refractivity contribution in [1.29, 1.82) is 0 Å². The Morgan fingerprint density at radius 3 is 2.53 bits per heavy atom. The van der Waals surface area contributed by atoms with E-state index >= 15 is 0 Å². The van der Waals surface area contributed by atoms with Crippen LogP contribution in [-0.4, -0.2) is 32.9 Å². The van der Waals surface area contributed by atoms with Gasteiger partial charge in [0.2, 0.25) is 0 Å². The van der Waals surface area contributed by atoms with E-state index in [1.54, 1.807) is 9.58 Å². The monoisotopic (exact) mass is 237 g/mol. The first-order valence-electron chi connectivity index (χ1n) is 5.91. The molecule has 2 atom stereocenters. The fraction of sp³-hybridized carbons (Fsp3) is 0.667. The standard InChI is InChI=1S/C12H19N3O2/c1-7(2)15-9(4)11(17-12(15)16)10-6-8(3)13-14(10)5/h6-7,9,11H,1-5H3/t9-,11-/m0/s1. The summed E-state index contributed by atoms with van der Waals surface area (Å²) in [5.41, 5.74) is 1.89. The minimum absolute atomic E-state index is 0.0392. The molecule has 0 spiro atoms. The maximum atomic E-state index is 11.8. The van der Waals surface area contributed by atoms with Gasteiger partial charge in [-0.2, -0.15) is 5.10 Å². The molecule has 0 bridgehead atoms. The zero-order valence-electron chi connectivity index (χ0n) is 11.0. The van der Waals surface area contributed by atoms with Gasteiger partial charge in [-0.1, -0.05) is 0 Å². The SMILES string of the molecule is Cc1cc([C@H]2OC(=O)N(C(C)C)[C@H]2C)n(C)n1. The second kappa shape index (κ2) is 4.05. The number of ether oxygens (including phenoxy) is 1. The van der Waals surface area contributed by atoms with E-state index < -0.39 is 0 Å². The summed E-state index contributed by atoms with van der Waals surface area (Å²) in [5, 5.41) is 4.29. The van der Waals surface area contributed by atoms with Crippen LogP contribution in [0.2, 0.25) is 0 Å². The quantitative estimate of drug-likeness (QED) is 0.790. The number of hydrogen-bond donors (Lipinski definition) is 0. The number of cyclic esters (lactones) is 1. The van der Waals surface area contributed by atoms with Gasteiger partial charge in [-0.05, 0) is 33.8 Å². The Balaban J connectivity index is 2.30. The molecular formula is C12H19N3O2. The van der Waals surface area contributed by atoms with Crippen molar-refractivity contribution < 1.29 is 9.53 Å². The van der Waals surface area contributed by atoms with Crippen LogP contribution >= 0.6 is 0 Å². The molecule has 2 rings (SSSR count). The summed E-state index contributed by atoms with van der Waals surface area (Å²) in [6.45, 7) is 7.94. The summed E-state index contributed by atoms with van der Waals surface area (Å²) in [6, 6.07) is 2.16. The maximum Gasteiger partial charge on any atom is 0.411 e. The molecule has 0 aliphatic carbocycles. The number of hydrogen-bond acceptors (Lipinski definition) is 3. The third-order valence-electron chi connectivity index (χ3n) is 3.20. The van der Waals surface area contributed by atoms with Crippen molar-refractivity contribution in [2.45, 2.75) is 45.9 Å². The molecule has 1 aromatic heterocycles. The third kappa shape index (κ3) is 1.90. The van der Waals surface area contributed by atoms with Gasteiger partial charge in [0, 0.05) is 13.1 Å². The van der Waals surface area contributed by atoms with Crippen LogP contribution in [0.1, 0.15) is 38.3 Å². The predicted octanol–water partition coefficient (Wildman–Crippen LogP) is 2.02. The number of carbonyl (C=O) groups excluding carboxylic acids is 1. The molecule has 1 saturated heterocycles. The summed E-state index contributed by atoms with van der Waals surface area (Å²) < 4.78 is 7.24. The van der Waals surface area contributed by atoms with Gasteiger partial charge in [-0.15, -0.1) is 0 Å². The first-order valence-corrected chi connectivity index (χ1v) is 5.91. The Morgan fingerprint density at radius 2 is 2.12 bits per heavy atom. The van der Waals surface area contributed by atoms with Gasteiger partial charge in [0.15, 0.2) is 6.10 Å². The second-order valence-corrected chi connectivity index (χ2v) is 4.88.